The quantitative estimate of drug-likeness (QED) is 0.660. The smallest absolute Gasteiger partial charge is 0.207 e. The zero-order chi connectivity index (χ0) is 18.8. The Morgan fingerprint density at radius 2 is 1.40 bits per heavy atom. The van der Waals surface area contributed by atoms with Crippen LogP contribution in [-0.2, 0) is 15.3 Å². The number of benzene rings is 2. The molecule has 0 unspecified atom stereocenters. The van der Waals surface area contributed by atoms with Crippen LogP contribution in [0.15, 0.2) is 58.3 Å². The Morgan fingerprint density at radius 3 is 1.92 bits per heavy atom. The van der Waals surface area contributed by atoms with E-state index in [9.17, 15) is 8.42 Å². The molecule has 0 amide bonds. The van der Waals surface area contributed by atoms with Gasteiger partial charge in [0, 0.05) is 0 Å². The molecule has 0 heterocycles. The summed E-state index contributed by atoms with van der Waals surface area (Å²) in [5.74, 6) is 0.618. The van der Waals surface area contributed by atoms with Crippen molar-refractivity contribution >= 4 is 9.84 Å². The van der Waals surface area contributed by atoms with Gasteiger partial charge in [0.25, 0.3) is 0 Å². The first-order chi connectivity index (χ1) is 11.6. The van der Waals surface area contributed by atoms with Crippen molar-refractivity contribution in [1.29, 1.82) is 0 Å². The van der Waals surface area contributed by atoms with Gasteiger partial charge in [-0.2, -0.15) is 0 Å². The third-order valence-corrected chi connectivity index (χ3v) is 6.72. The summed E-state index contributed by atoms with van der Waals surface area (Å²) in [6.45, 7) is 12.6. The fourth-order valence-corrected chi connectivity index (χ4v) is 5.47. The van der Waals surface area contributed by atoms with E-state index in [-0.39, 0.29) is 11.3 Å². The Hall–Kier alpha value is -1.61. The molecule has 3 heteroatoms. The highest BCUT2D eigenvalue weighted by molar-refractivity contribution is 7.91. The molecule has 2 aromatic rings. The van der Waals surface area contributed by atoms with Crippen LogP contribution in [0, 0.1) is 5.92 Å². The van der Waals surface area contributed by atoms with Gasteiger partial charge in [-0.3, -0.25) is 0 Å². The number of hydrogen-bond donors (Lipinski definition) is 0. The second-order valence-corrected chi connectivity index (χ2v) is 9.93. The summed E-state index contributed by atoms with van der Waals surface area (Å²) < 4.78 is 27.1. The van der Waals surface area contributed by atoms with E-state index in [0.717, 1.165) is 17.5 Å². The van der Waals surface area contributed by atoms with E-state index in [2.05, 4.69) is 41.5 Å². The van der Waals surface area contributed by atoms with E-state index in [1.807, 2.05) is 36.4 Å². The lowest BCUT2D eigenvalue weighted by atomic mass is 9.86. The van der Waals surface area contributed by atoms with Crippen molar-refractivity contribution in [1.82, 2.24) is 0 Å². The maximum Gasteiger partial charge on any atom is 0.207 e. The molecule has 0 aliphatic rings. The highest BCUT2D eigenvalue weighted by atomic mass is 32.2. The van der Waals surface area contributed by atoms with Crippen LogP contribution in [0.4, 0.5) is 0 Å². The minimum absolute atomic E-state index is 0.229. The predicted molar refractivity (Wildman–Crippen MR) is 105 cm³/mol. The van der Waals surface area contributed by atoms with Crippen LogP contribution in [0.2, 0.25) is 0 Å². The number of rotatable bonds is 5. The minimum atomic E-state index is -3.57. The Kier molecular flexibility index (Phi) is 5.78. The average Bonchev–Trinajstić information content (AvgIpc) is 2.55. The van der Waals surface area contributed by atoms with Crippen molar-refractivity contribution in [2.45, 2.75) is 69.1 Å². The molecule has 0 spiro atoms. The molecule has 2 rings (SSSR count). The zero-order valence-electron chi connectivity index (χ0n) is 16.2. The summed E-state index contributed by atoms with van der Waals surface area (Å²) in [6.07, 6.45) is 0.922. The third-order valence-electron chi connectivity index (χ3n) is 4.84. The summed E-state index contributed by atoms with van der Waals surface area (Å²) >= 11 is 0. The van der Waals surface area contributed by atoms with Crippen LogP contribution >= 0.6 is 0 Å². The van der Waals surface area contributed by atoms with E-state index in [1.54, 1.807) is 12.1 Å². The van der Waals surface area contributed by atoms with E-state index >= 15 is 0 Å². The normalized spacial score (nSPS) is 13.9. The van der Waals surface area contributed by atoms with Gasteiger partial charge in [-0.25, -0.2) is 8.42 Å². The summed E-state index contributed by atoms with van der Waals surface area (Å²) in [4.78, 5) is 0.876. The highest BCUT2D eigenvalue weighted by Gasteiger charge is 2.30. The van der Waals surface area contributed by atoms with Crippen LogP contribution in [0.3, 0.4) is 0 Å². The lowest BCUT2D eigenvalue weighted by Gasteiger charge is -2.25. The summed E-state index contributed by atoms with van der Waals surface area (Å²) in [5.41, 5.74) is 1.56. The molecule has 0 fully saturated rings. The van der Waals surface area contributed by atoms with Gasteiger partial charge in [-0.15, -0.1) is 0 Å². The van der Waals surface area contributed by atoms with Crippen molar-refractivity contribution in [2.24, 2.45) is 5.92 Å². The molecule has 2 aromatic carbocycles. The molecule has 0 bridgehead atoms. The van der Waals surface area contributed by atoms with Crippen molar-refractivity contribution in [3.63, 3.8) is 0 Å². The van der Waals surface area contributed by atoms with Crippen LogP contribution in [0.25, 0.3) is 0 Å². The van der Waals surface area contributed by atoms with Crippen molar-refractivity contribution < 1.29 is 8.42 Å². The minimum Gasteiger partial charge on any atom is -0.218 e. The maximum absolute atomic E-state index is 13.6. The van der Waals surface area contributed by atoms with Crippen molar-refractivity contribution in [2.75, 3.05) is 0 Å². The molecule has 0 N–H and O–H groups in total. The topological polar surface area (TPSA) is 34.1 Å². The Bertz CT molecular complexity index is 827. The molecule has 0 aliphatic heterocycles. The van der Waals surface area contributed by atoms with Crippen molar-refractivity contribution in [3.8, 4) is 0 Å². The first-order valence-electron chi connectivity index (χ1n) is 9.04. The van der Waals surface area contributed by atoms with Gasteiger partial charge >= 0.3 is 0 Å². The van der Waals surface area contributed by atoms with Gasteiger partial charge in [0.2, 0.25) is 9.84 Å². The summed E-state index contributed by atoms with van der Waals surface area (Å²) in [6, 6.07) is 14.9. The monoisotopic (exact) mass is 358 g/mol. The largest absolute Gasteiger partial charge is 0.218 e. The van der Waals surface area contributed by atoms with Gasteiger partial charge in [-0.1, -0.05) is 77.9 Å². The van der Waals surface area contributed by atoms with Crippen LogP contribution < -0.4 is 0 Å². The number of hydrogen-bond acceptors (Lipinski definition) is 2. The molecular weight excluding hydrogens is 328 g/mol. The molecule has 2 nitrogen and oxygen atoms in total. The van der Waals surface area contributed by atoms with Crippen LogP contribution in [-0.4, -0.2) is 8.42 Å². The molecule has 0 saturated heterocycles. The first kappa shape index (κ1) is 19.7. The number of sulfone groups is 1. The molecule has 0 radical (unpaired) electrons. The van der Waals surface area contributed by atoms with Gasteiger partial charge in [-0.05, 0) is 46.9 Å². The van der Waals surface area contributed by atoms with E-state index in [4.69, 9.17) is 0 Å². The second kappa shape index (κ2) is 7.33. The Morgan fingerprint density at radius 1 is 0.880 bits per heavy atom. The fourth-order valence-electron chi connectivity index (χ4n) is 3.52. The van der Waals surface area contributed by atoms with E-state index in [0.29, 0.717) is 15.7 Å². The van der Waals surface area contributed by atoms with Gasteiger partial charge < -0.3 is 0 Å². The fraction of sp³-hybridized carbons (Fsp3) is 0.455. The molecule has 136 valence electrons. The highest BCUT2D eigenvalue weighted by Crippen LogP contribution is 2.37. The van der Waals surface area contributed by atoms with Gasteiger partial charge in [0.15, 0.2) is 0 Å². The molecule has 0 aliphatic carbocycles. The maximum atomic E-state index is 13.6. The summed E-state index contributed by atoms with van der Waals surface area (Å²) in [5, 5.41) is 0. The summed E-state index contributed by atoms with van der Waals surface area (Å²) in [7, 11) is -3.57. The second-order valence-electron chi connectivity index (χ2n) is 8.05. The lowest BCUT2D eigenvalue weighted by molar-refractivity contribution is 0.477. The predicted octanol–water partition coefficient (Wildman–Crippen LogP) is 5.97. The van der Waals surface area contributed by atoms with Gasteiger partial charge in [0.05, 0.1) is 9.79 Å². The van der Waals surface area contributed by atoms with E-state index in [1.165, 1.54) is 0 Å². The standard InChI is InChI=1S/C22H30O2S/c1-7-17(16(2)3)18-12-8-10-14-20(18)25(23,24)21-15-11-9-13-19(21)22(4,5)6/h8-17H,7H2,1-6H3/t17-/m0/s1. The first-order valence-corrected chi connectivity index (χ1v) is 10.5. The van der Waals surface area contributed by atoms with Gasteiger partial charge in [0.1, 0.15) is 0 Å². The third kappa shape index (κ3) is 3.98. The molecule has 1 atom stereocenters. The Balaban J connectivity index is 2.72. The lowest BCUT2D eigenvalue weighted by Crippen LogP contribution is -2.18. The zero-order valence-corrected chi connectivity index (χ0v) is 17.0. The Labute approximate surface area is 153 Å². The van der Waals surface area contributed by atoms with Crippen LogP contribution in [0.1, 0.15) is 65.0 Å². The molecular formula is C22H30O2S. The van der Waals surface area contributed by atoms with Crippen LogP contribution in [0.5, 0.6) is 0 Å². The van der Waals surface area contributed by atoms with Crippen molar-refractivity contribution in [3.05, 3.63) is 59.7 Å². The average molecular weight is 359 g/mol. The molecule has 0 aromatic heterocycles. The SMILES string of the molecule is CC[C@H](c1ccccc1S(=O)(=O)c1ccccc1C(C)(C)C)C(C)C. The molecule has 25 heavy (non-hydrogen) atoms. The van der Waals surface area contributed by atoms with E-state index < -0.39 is 9.84 Å². The molecule has 0 saturated carbocycles.